The van der Waals surface area contributed by atoms with Crippen molar-refractivity contribution in [3.63, 3.8) is 0 Å². The van der Waals surface area contributed by atoms with Crippen LogP contribution in [0.5, 0.6) is 0 Å². The number of rotatable bonds is 4. The number of para-hydroxylation sites is 1. The van der Waals surface area contributed by atoms with Gasteiger partial charge in [0.05, 0.1) is 22.6 Å². The van der Waals surface area contributed by atoms with Gasteiger partial charge >= 0.3 is 0 Å². The first kappa shape index (κ1) is 24.4. The lowest BCUT2D eigenvalue weighted by molar-refractivity contribution is 0.667. The Bertz CT molecular complexity index is 2440. The molecule has 0 spiro atoms. The minimum Gasteiger partial charge on any atom is -0.454 e. The van der Waals surface area contributed by atoms with E-state index in [2.05, 4.69) is 57.2 Å². The van der Waals surface area contributed by atoms with Gasteiger partial charge in [-0.2, -0.15) is 5.10 Å². The van der Waals surface area contributed by atoms with Gasteiger partial charge in [0, 0.05) is 39.2 Å². The van der Waals surface area contributed by atoms with Crippen LogP contribution in [0.3, 0.4) is 0 Å². The van der Waals surface area contributed by atoms with E-state index in [1.807, 2.05) is 84.9 Å². The number of nitrogens with zero attached hydrogens (tertiary/aromatic N) is 6. The second-order valence-corrected chi connectivity index (χ2v) is 10.6. The summed E-state index contributed by atoms with van der Waals surface area (Å²) in [5.41, 5.74) is 8.04. The van der Waals surface area contributed by atoms with Crippen LogP contribution < -0.4 is 0 Å². The van der Waals surface area contributed by atoms with Gasteiger partial charge in [0.2, 0.25) is 0 Å². The molecule has 0 saturated carbocycles. The van der Waals surface area contributed by atoms with Crippen LogP contribution in [0.2, 0.25) is 0 Å². The summed E-state index contributed by atoms with van der Waals surface area (Å²) in [6.45, 7) is 0. The monoisotopic (exact) mass is 566 g/mol. The summed E-state index contributed by atoms with van der Waals surface area (Å²) >= 11 is 0. The third kappa shape index (κ3) is 3.80. The normalized spacial score (nSPS) is 11.6. The summed E-state index contributed by atoms with van der Waals surface area (Å²) in [4.78, 5) is 14.8. The van der Waals surface area contributed by atoms with E-state index in [1.54, 1.807) is 6.20 Å². The fraction of sp³-hybridized carbons (Fsp3) is 0. The maximum Gasteiger partial charge on any atom is 0.164 e. The highest BCUT2D eigenvalue weighted by Gasteiger charge is 2.20. The van der Waals surface area contributed by atoms with Gasteiger partial charge in [0.25, 0.3) is 0 Å². The summed E-state index contributed by atoms with van der Waals surface area (Å²) in [6, 6.07) is 42.8. The first-order chi connectivity index (χ1) is 21.8. The Labute approximate surface area is 251 Å². The van der Waals surface area contributed by atoms with Gasteiger partial charge in [-0.05, 0) is 30.3 Å². The average Bonchev–Trinajstić information content (AvgIpc) is 3.65. The van der Waals surface area contributed by atoms with Gasteiger partial charge < -0.3 is 8.98 Å². The summed E-state index contributed by atoms with van der Waals surface area (Å²) in [5, 5.41) is 11.9. The quantitative estimate of drug-likeness (QED) is 0.212. The van der Waals surface area contributed by atoms with Gasteiger partial charge in [0.15, 0.2) is 23.1 Å². The molecule has 0 radical (unpaired) electrons. The van der Waals surface area contributed by atoms with Crippen molar-refractivity contribution in [1.29, 1.82) is 0 Å². The van der Waals surface area contributed by atoms with E-state index in [-0.39, 0.29) is 0 Å². The maximum atomic E-state index is 6.21. The first-order valence-corrected chi connectivity index (χ1v) is 14.4. The highest BCUT2D eigenvalue weighted by molar-refractivity contribution is 6.23. The minimum atomic E-state index is 0.602. The highest BCUT2D eigenvalue weighted by atomic mass is 16.3. The molecule has 0 bridgehead atoms. The van der Waals surface area contributed by atoms with E-state index in [1.165, 1.54) is 0 Å². The van der Waals surface area contributed by atoms with Crippen LogP contribution in [0.25, 0.3) is 83.7 Å². The molecule has 0 unspecified atom stereocenters. The molecule has 0 aliphatic carbocycles. The van der Waals surface area contributed by atoms with Crippen LogP contribution in [-0.2, 0) is 0 Å². The van der Waals surface area contributed by atoms with Crippen LogP contribution >= 0.6 is 0 Å². The number of hydrogen-bond acceptors (Lipinski definition) is 6. The molecule has 4 aromatic heterocycles. The maximum absolute atomic E-state index is 6.21. The number of fused-ring (bicyclic) bond motifs is 7. The fourth-order valence-corrected chi connectivity index (χ4v) is 6.04. The Balaban J connectivity index is 1.31. The standard InChI is InChI=1S/C37H22N6O/c1-3-10-23(11-4-1)35-39-36(24-12-5-2-6-13-24)41-37(40-35)25-14-9-15-26(22-25)43-29-17-8-7-16-27(29)28-18-19-30-32(34(28)43)33-31(44-30)20-21-38-42-33/h1-22H. The molecule has 0 N–H and O–H groups in total. The highest BCUT2D eigenvalue weighted by Crippen LogP contribution is 2.40. The van der Waals surface area contributed by atoms with E-state index in [0.717, 1.165) is 60.7 Å². The van der Waals surface area contributed by atoms with Gasteiger partial charge in [-0.1, -0.05) is 91.0 Å². The smallest absolute Gasteiger partial charge is 0.164 e. The molecule has 9 aromatic rings. The molecule has 44 heavy (non-hydrogen) atoms. The van der Waals surface area contributed by atoms with E-state index in [4.69, 9.17) is 19.4 Å². The van der Waals surface area contributed by atoms with Crippen molar-refractivity contribution < 1.29 is 4.42 Å². The molecule has 206 valence electrons. The topological polar surface area (TPSA) is 82.5 Å². The number of furan rings is 1. The van der Waals surface area contributed by atoms with Crippen LogP contribution in [-0.4, -0.2) is 29.7 Å². The van der Waals surface area contributed by atoms with Crippen molar-refractivity contribution in [3.8, 4) is 39.9 Å². The summed E-state index contributed by atoms with van der Waals surface area (Å²) < 4.78 is 8.48. The lowest BCUT2D eigenvalue weighted by Crippen LogP contribution is -2.01. The molecule has 0 aliphatic rings. The number of aromatic nitrogens is 6. The van der Waals surface area contributed by atoms with Crippen molar-refractivity contribution in [2.24, 2.45) is 0 Å². The zero-order valence-electron chi connectivity index (χ0n) is 23.3. The fourth-order valence-electron chi connectivity index (χ4n) is 6.04. The van der Waals surface area contributed by atoms with Crippen molar-refractivity contribution in [2.45, 2.75) is 0 Å². The van der Waals surface area contributed by atoms with Gasteiger partial charge in [-0.3, -0.25) is 0 Å². The van der Waals surface area contributed by atoms with E-state index in [9.17, 15) is 0 Å². The van der Waals surface area contributed by atoms with E-state index in [0.29, 0.717) is 23.1 Å². The average molecular weight is 567 g/mol. The zero-order chi connectivity index (χ0) is 29.0. The third-order valence-electron chi connectivity index (χ3n) is 8.00. The molecule has 0 fully saturated rings. The SMILES string of the molecule is c1ccc(-c2nc(-c3ccccc3)nc(-c3cccc(-n4c5ccccc5c5ccc6oc7ccnnc7c6c54)c3)n2)cc1. The third-order valence-corrected chi connectivity index (χ3v) is 8.00. The van der Waals surface area contributed by atoms with Crippen molar-refractivity contribution in [1.82, 2.24) is 29.7 Å². The van der Waals surface area contributed by atoms with Crippen molar-refractivity contribution in [2.75, 3.05) is 0 Å². The Kier molecular flexibility index (Phi) is 5.36. The lowest BCUT2D eigenvalue weighted by atomic mass is 10.1. The second-order valence-electron chi connectivity index (χ2n) is 10.6. The van der Waals surface area contributed by atoms with E-state index >= 15 is 0 Å². The van der Waals surface area contributed by atoms with Crippen LogP contribution in [0.4, 0.5) is 0 Å². The molecule has 0 aliphatic heterocycles. The molecule has 4 heterocycles. The van der Waals surface area contributed by atoms with Crippen LogP contribution in [0, 0.1) is 0 Å². The zero-order valence-corrected chi connectivity index (χ0v) is 23.3. The largest absolute Gasteiger partial charge is 0.454 e. The molecule has 0 saturated heterocycles. The Morgan fingerprint density at radius 2 is 1.18 bits per heavy atom. The van der Waals surface area contributed by atoms with E-state index < -0.39 is 0 Å². The Morgan fingerprint density at radius 3 is 1.93 bits per heavy atom. The molecular weight excluding hydrogens is 544 g/mol. The van der Waals surface area contributed by atoms with Crippen LogP contribution in [0.1, 0.15) is 0 Å². The summed E-state index contributed by atoms with van der Waals surface area (Å²) in [7, 11) is 0. The summed E-state index contributed by atoms with van der Waals surface area (Å²) in [6.07, 6.45) is 1.66. The van der Waals surface area contributed by atoms with Crippen LogP contribution in [0.15, 0.2) is 138 Å². The van der Waals surface area contributed by atoms with Gasteiger partial charge in [-0.15, -0.1) is 5.10 Å². The number of benzene rings is 5. The Hall–Kier alpha value is -6.21. The molecule has 7 heteroatoms. The van der Waals surface area contributed by atoms with Crippen molar-refractivity contribution >= 4 is 43.9 Å². The van der Waals surface area contributed by atoms with Crippen molar-refractivity contribution in [3.05, 3.63) is 134 Å². The molecule has 0 atom stereocenters. The molecule has 9 rings (SSSR count). The Morgan fingerprint density at radius 1 is 0.523 bits per heavy atom. The minimum absolute atomic E-state index is 0.602. The number of hydrogen-bond donors (Lipinski definition) is 0. The predicted octanol–water partition coefficient (Wildman–Crippen LogP) is 8.66. The van der Waals surface area contributed by atoms with Gasteiger partial charge in [-0.25, -0.2) is 15.0 Å². The molecule has 5 aromatic carbocycles. The molecule has 0 amide bonds. The predicted molar refractivity (Wildman–Crippen MR) is 173 cm³/mol. The lowest BCUT2D eigenvalue weighted by Gasteiger charge is -2.12. The summed E-state index contributed by atoms with van der Waals surface area (Å²) in [5.74, 6) is 1.86. The first-order valence-electron chi connectivity index (χ1n) is 14.4. The molecule has 7 nitrogen and oxygen atoms in total. The second kappa shape index (κ2) is 9.68. The molecular formula is C37H22N6O. The van der Waals surface area contributed by atoms with Gasteiger partial charge in [0.1, 0.15) is 11.1 Å².